The molecule has 5 nitrogen and oxygen atoms in total. The molecule has 1 fully saturated rings. The Morgan fingerprint density at radius 3 is 2.40 bits per heavy atom. The highest BCUT2D eigenvalue weighted by molar-refractivity contribution is 7.80. The van der Waals surface area contributed by atoms with E-state index in [1.165, 1.54) is 5.56 Å². The van der Waals surface area contributed by atoms with Crippen LogP contribution in [-0.2, 0) is 4.79 Å². The average molecular weight is 464 g/mol. The van der Waals surface area contributed by atoms with Gasteiger partial charge in [0.2, 0.25) is 0 Å². The number of benzene rings is 2. The van der Waals surface area contributed by atoms with Gasteiger partial charge in [-0.1, -0.05) is 41.9 Å². The number of amides is 1. The maximum absolute atomic E-state index is 12.1. The Bertz CT molecular complexity index is 919. The number of carbonyl (C=O) groups excluding carboxylic acids is 1. The highest BCUT2D eigenvalue weighted by Crippen LogP contribution is 2.29. The van der Waals surface area contributed by atoms with Crippen LogP contribution in [0.1, 0.15) is 18.0 Å². The molecule has 0 aliphatic carbocycles. The van der Waals surface area contributed by atoms with E-state index in [0.717, 1.165) is 11.7 Å². The standard InChI is InChI=1S/C22H23Cl2N3O2S/c1-15(25-21(28)14-29-19-9-7-18(24)8-10-19)11-12-27-13-20(26(2)22(27)30)16-3-5-17(23)6-4-16/h3-10,20H,1,11-14H2,2H3,(H,25,28)/t20-/m0/s1. The molecule has 0 saturated carbocycles. The van der Waals surface area contributed by atoms with Gasteiger partial charge in [-0.3, -0.25) is 4.79 Å². The number of likely N-dealkylation sites (N-methyl/N-ethyl adjacent to an activating group) is 1. The molecule has 1 heterocycles. The molecule has 1 N–H and O–H groups in total. The third-order valence-corrected chi connectivity index (χ3v) is 5.92. The zero-order chi connectivity index (χ0) is 21.7. The Hall–Kier alpha value is -2.28. The second-order valence-electron chi connectivity index (χ2n) is 7.05. The first kappa shape index (κ1) is 22.4. The molecular weight excluding hydrogens is 441 g/mol. The maximum atomic E-state index is 12.1. The lowest BCUT2D eigenvalue weighted by Crippen LogP contribution is -2.33. The van der Waals surface area contributed by atoms with Gasteiger partial charge in [0.25, 0.3) is 5.91 Å². The van der Waals surface area contributed by atoms with Gasteiger partial charge in [0.05, 0.1) is 6.04 Å². The molecule has 158 valence electrons. The van der Waals surface area contributed by atoms with Crippen molar-refractivity contribution in [3.8, 4) is 5.75 Å². The normalized spacial score (nSPS) is 16.0. The second kappa shape index (κ2) is 10.2. The number of carbonyl (C=O) groups is 1. The summed E-state index contributed by atoms with van der Waals surface area (Å²) in [5.74, 6) is 0.328. The van der Waals surface area contributed by atoms with Crippen LogP contribution in [-0.4, -0.2) is 47.6 Å². The molecule has 1 aliphatic rings. The molecule has 8 heteroatoms. The first-order chi connectivity index (χ1) is 14.3. The lowest BCUT2D eigenvalue weighted by molar-refractivity contribution is -0.122. The first-order valence-electron chi connectivity index (χ1n) is 9.46. The SMILES string of the molecule is C=C(CCN1C[C@@H](c2ccc(Cl)cc2)N(C)C1=S)NC(=O)COc1ccc(Cl)cc1. The lowest BCUT2D eigenvalue weighted by Gasteiger charge is -2.20. The summed E-state index contributed by atoms with van der Waals surface area (Å²) < 4.78 is 5.45. The summed E-state index contributed by atoms with van der Waals surface area (Å²) >= 11 is 17.4. The third kappa shape index (κ3) is 5.88. The molecule has 2 aromatic rings. The van der Waals surface area contributed by atoms with E-state index in [1.54, 1.807) is 24.3 Å². The molecule has 3 rings (SSSR count). The monoisotopic (exact) mass is 463 g/mol. The molecule has 0 aromatic heterocycles. The Morgan fingerprint density at radius 1 is 1.17 bits per heavy atom. The molecule has 2 aromatic carbocycles. The number of hydrogen-bond donors (Lipinski definition) is 1. The minimum absolute atomic E-state index is 0.0931. The van der Waals surface area contributed by atoms with Crippen LogP contribution in [0.15, 0.2) is 60.8 Å². The number of halogens is 2. The Labute approximate surface area is 192 Å². The highest BCUT2D eigenvalue weighted by atomic mass is 35.5. The molecule has 1 atom stereocenters. The summed E-state index contributed by atoms with van der Waals surface area (Å²) in [6.07, 6.45) is 0.591. The number of hydrogen-bond acceptors (Lipinski definition) is 3. The van der Waals surface area contributed by atoms with Crippen molar-refractivity contribution in [3.05, 3.63) is 76.4 Å². The number of rotatable bonds is 8. The van der Waals surface area contributed by atoms with Gasteiger partial charge in [0.15, 0.2) is 11.7 Å². The summed E-state index contributed by atoms with van der Waals surface area (Å²) in [6.45, 7) is 5.30. The van der Waals surface area contributed by atoms with Crippen molar-refractivity contribution in [2.45, 2.75) is 12.5 Å². The van der Waals surface area contributed by atoms with Gasteiger partial charge in [-0.05, 0) is 54.2 Å². The Morgan fingerprint density at radius 2 is 1.77 bits per heavy atom. The van der Waals surface area contributed by atoms with Gasteiger partial charge in [0.1, 0.15) is 5.75 Å². The van der Waals surface area contributed by atoms with Crippen molar-refractivity contribution in [1.82, 2.24) is 15.1 Å². The largest absolute Gasteiger partial charge is 0.484 e. The molecule has 1 saturated heterocycles. The fourth-order valence-corrected chi connectivity index (χ4v) is 3.76. The molecular formula is C22H23Cl2N3O2S. The van der Waals surface area contributed by atoms with Crippen molar-refractivity contribution >= 4 is 46.4 Å². The summed E-state index contributed by atoms with van der Waals surface area (Å²) in [7, 11) is 1.99. The highest BCUT2D eigenvalue weighted by Gasteiger charge is 2.32. The molecule has 1 aliphatic heterocycles. The fraction of sp³-hybridized carbons (Fsp3) is 0.273. The summed E-state index contributed by atoms with van der Waals surface area (Å²) in [4.78, 5) is 16.3. The lowest BCUT2D eigenvalue weighted by atomic mass is 10.1. The molecule has 0 unspecified atom stereocenters. The van der Waals surface area contributed by atoms with Crippen LogP contribution in [0.5, 0.6) is 5.75 Å². The molecule has 0 bridgehead atoms. The van der Waals surface area contributed by atoms with E-state index >= 15 is 0 Å². The van der Waals surface area contributed by atoms with Crippen LogP contribution < -0.4 is 10.1 Å². The van der Waals surface area contributed by atoms with Crippen LogP contribution in [0.2, 0.25) is 10.0 Å². The van der Waals surface area contributed by atoms with Crippen LogP contribution in [0, 0.1) is 0 Å². The van der Waals surface area contributed by atoms with Gasteiger partial charge < -0.3 is 19.9 Å². The van der Waals surface area contributed by atoms with E-state index < -0.39 is 0 Å². The predicted octanol–water partition coefficient (Wildman–Crippen LogP) is 4.67. The zero-order valence-corrected chi connectivity index (χ0v) is 18.9. The van der Waals surface area contributed by atoms with Gasteiger partial charge >= 0.3 is 0 Å². The minimum atomic E-state index is -0.255. The van der Waals surface area contributed by atoms with Crippen molar-refractivity contribution in [1.29, 1.82) is 0 Å². The number of thiocarbonyl (C=S) groups is 1. The van der Waals surface area contributed by atoms with Crippen LogP contribution >= 0.6 is 35.4 Å². The Balaban J connectivity index is 1.44. The first-order valence-corrected chi connectivity index (χ1v) is 10.6. The molecule has 30 heavy (non-hydrogen) atoms. The zero-order valence-electron chi connectivity index (χ0n) is 16.6. The maximum Gasteiger partial charge on any atom is 0.262 e. The number of ether oxygens (including phenoxy) is 1. The minimum Gasteiger partial charge on any atom is -0.484 e. The van der Waals surface area contributed by atoms with Gasteiger partial charge in [-0.25, -0.2) is 0 Å². The van der Waals surface area contributed by atoms with E-state index in [1.807, 2.05) is 31.3 Å². The predicted molar refractivity (Wildman–Crippen MR) is 125 cm³/mol. The quantitative estimate of drug-likeness (QED) is 0.576. The average Bonchev–Trinajstić information content (AvgIpc) is 3.01. The smallest absolute Gasteiger partial charge is 0.262 e. The van der Waals surface area contributed by atoms with Crippen molar-refractivity contribution in [2.24, 2.45) is 0 Å². The molecule has 0 spiro atoms. The van der Waals surface area contributed by atoms with Crippen LogP contribution in [0.3, 0.4) is 0 Å². The third-order valence-electron chi connectivity index (χ3n) is 4.87. The van der Waals surface area contributed by atoms with Crippen molar-refractivity contribution in [3.63, 3.8) is 0 Å². The van der Waals surface area contributed by atoms with Gasteiger partial charge in [-0.15, -0.1) is 0 Å². The van der Waals surface area contributed by atoms with E-state index in [0.29, 0.717) is 34.5 Å². The van der Waals surface area contributed by atoms with Gasteiger partial charge in [-0.2, -0.15) is 0 Å². The molecule has 1 amide bonds. The van der Waals surface area contributed by atoms with Gasteiger partial charge in [0, 0.05) is 42.3 Å². The number of nitrogens with zero attached hydrogens (tertiary/aromatic N) is 2. The summed E-state index contributed by atoms with van der Waals surface area (Å²) in [5, 5.41) is 4.88. The van der Waals surface area contributed by atoms with E-state index in [9.17, 15) is 4.79 Å². The fourth-order valence-electron chi connectivity index (χ4n) is 3.21. The topological polar surface area (TPSA) is 44.8 Å². The van der Waals surface area contributed by atoms with E-state index in [-0.39, 0.29) is 18.6 Å². The Kier molecular flexibility index (Phi) is 7.58. The molecule has 0 radical (unpaired) electrons. The van der Waals surface area contributed by atoms with E-state index in [4.69, 9.17) is 40.2 Å². The van der Waals surface area contributed by atoms with Crippen LogP contribution in [0.4, 0.5) is 0 Å². The van der Waals surface area contributed by atoms with Crippen LogP contribution in [0.25, 0.3) is 0 Å². The van der Waals surface area contributed by atoms with Crippen molar-refractivity contribution < 1.29 is 9.53 Å². The van der Waals surface area contributed by atoms with Crippen molar-refractivity contribution in [2.75, 3.05) is 26.7 Å². The second-order valence-corrected chi connectivity index (χ2v) is 8.29. The van der Waals surface area contributed by atoms with E-state index in [2.05, 4.69) is 21.7 Å². The summed E-state index contributed by atoms with van der Waals surface area (Å²) in [5.41, 5.74) is 1.79. The summed E-state index contributed by atoms with van der Waals surface area (Å²) in [6, 6.07) is 14.8. The number of nitrogens with one attached hydrogen (secondary N) is 1.